The van der Waals surface area contributed by atoms with Gasteiger partial charge in [-0.15, -0.1) is 0 Å². The molecule has 0 fully saturated rings. The van der Waals surface area contributed by atoms with Crippen molar-refractivity contribution in [2.75, 3.05) is 0 Å². The summed E-state index contributed by atoms with van der Waals surface area (Å²) >= 11 is 0. The van der Waals surface area contributed by atoms with Crippen LogP contribution in [0.4, 0.5) is 13.2 Å². The molecule has 0 heterocycles. The Morgan fingerprint density at radius 1 is 1.15 bits per heavy atom. The SMILES string of the molecule is [B]C(=O)c1ccc(C(F)(F)F)cc1. The van der Waals surface area contributed by atoms with Gasteiger partial charge in [-0.1, -0.05) is 12.1 Å². The number of carbonyl (C=O) groups is 1. The number of hydrogen-bond donors (Lipinski definition) is 0. The van der Waals surface area contributed by atoms with E-state index in [1.54, 1.807) is 0 Å². The number of carbonyl (C=O) groups excluding carboxylic acids is 1. The number of halogens is 3. The Bertz CT molecular complexity index is 315. The zero-order valence-corrected chi connectivity index (χ0v) is 6.43. The van der Waals surface area contributed by atoms with Crippen molar-refractivity contribution in [1.29, 1.82) is 0 Å². The van der Waals surface area contributed by atoms with E-state index in [0.29, 0.717) is 0 Å². The summed E-state index contributed by atoms with van der Waals surface area (Å²) in [5, 5.41) is 0. The molecule has 5 heteroatoms. The monoisotopic (exact) mass is 184 g/mol. The molecule has 0 saturated carbocycles. The molecule has 1 rings (SSSR count). The van der Waals surface area contributed by atoms with Gasteiger partial charge in [0, 0.05) is 5.56 Å². The lowest BCUT2D eigenvalue weighted by Crippen LogP contribution is -2.05. The van der Waals surface area contributed by atoms with Crippen molar-refractivity contribution in [3.05, 3.63) is 35.4 Å². The quantitative estimate of drug-likeness (QED) is 0.610. The number of benzene rings is 1. The molecule has 0 saturated heterocycles. The van der Waals surface area contributed by atoms with Crippen LogP contribution in [0.25, 0.3) is 0 Å². The Kier molecular flexibility index (Phi) is 2.45. The van der Waals surface area contributed by atoms with Gasteiger partial charge in [-0.05, 0) is 12.1 Å². The third-order valence-electron chi connectivity index (χ3n) is 1.50. The highest BCUT2D eigenvalue weighted by Gasteiger charge is 2.29. The van der Waals surface area contributed by atoms with E-state index >= 15 is 0 Å². The zero-order chi connectivity index (χ0) is 10.1. The zero-order valence-electron chi connectivity index (χ0n) is 6.43. The van der Waals surface area contributed by atoms with Crippen molar-refractivity contribution in [1.82, 2.24) is 0 Å². The van der Waals surface area contributed by atoms with Crippen LogP contribution < -0.4 is 0 Å². The van der Waals surface area contributed by atoms with Gasteiger partial charge in [0.2, 0.25) is 0 Å². The summed E-state index contributed by atoms with van der Waals surface area (Å²) in [6.07, 6.45) is -4.38. The van der Waals surface area contributed by atoms with Crippen LogP contribution in [0.2, 0.25) is 0 Å². The standard InChI is InChI=1S/C8H4BF3O/c9-7(13)5-1-3-6(4-2-5)8(10,11)12/h1-4H. The predicted molar refractivity (Wildman–Crippen MR) is 41.5 cm³/mol. The van der Waals surface area contributed by atoms with Crippen molar-refractivity contribution in [3.63, 3.8) is 0 Å². The highest BCUT2D eigenvalue weighted by molar-refractivity contribution is 6.62. The molecular formula is C8H4BF3O. The van der Waals surface area contributed by atoms with Gasteiger partial charge in [0.15, 0.2) is 7.85 Å². The maximum absolute atomic E-state index is 12.0. The summed E-state index contributed by atoms with van der Waals surface area (Å²) in [7, 11) is 4.85. The van der Waals surface area contributed by atoms with E-state index in [0.717, 1.165) is 24.3 Å². The van der Waals surface area contributed by atoms with Crippen LogP contribution in [-0.4, -0.2) is 13.5 Å². The first kappa shape index (κ1) is 9.83. The average molecular weight is 184 g/mol. The maximum atomic E-state index is 12.0. The van der Waals surface area contributed by atoms with Crippen LogP contribution in [0.3, 0.4) is 0 Å². The second-order valence-electron chi connectivity index (χ2n) is 2.44. The molecule has 66 valence electrons. The first-order valence-corrected chi connectivity index (χ1v) is 3.38. The van der Waals surface area contributed by atoms with E-state index < -0.39 is 17.4 Å². The van der Waals surface area contributed by atoms with E-state index in [1.807, 2.05) is 0 Å². The fraction of sp³-hybridized carbons (Fsp3) is 0.125. The molecule has 0 N–H and O–H groups in total. The number of rotatable bonds is 1. The molecule has 1 nitrogen and oxygen atoms in total. The topological polar surface area (TPSA) is 17.1 Å². The fourth-order valence-electron chi connectivity index (χ4n) is 0.823. The molecule has 0 aromatic heterocycles. The molecule has 0 bridgehead atoms. The van der Waals surface area contributed by atoms with Gasteiger partial charge in [-0.2, -0.15) is 13.2 Å². The van der Waals surface area contributed by atoms with Crippen LogP contribution in [0.5, 0.6) is 0 Å². The molecule has 1 aromatic rings. The third kappa shape index (κ3) is 2.34. The average Bonchev–Trinajstić information content (AvgIpc) is 2.03. The minimum Gasteiger partial charge on any atom is -0.307 e. The van der Waals surface area contributed by atoms with Gasteiger partial charge in [0.1, 0.15) is 5.68 Å². The predicted octanol–water partition coefficient (Wildman–Crippen LogP) is 2.01. The maximum Gasteiger partial charge on any atom is 0.416 e. The molecule has 13 heavy (non-hydrogen) atoms. The summed E-state index contributed by atoms with van der Waals surface area (Å²) in [5.41, 5.74) is -1.47. The summed E-state index contributed by atoms with van der Waals surface area (Å²) < 4.78 is 36.0. The first-order chi connectivity index (χ1) is 5.91. The van der Waals surface area contributed by atoms with Gasteiger partial charge < -0.3 is 4.79 Å². The number of hydrogen-bond acceptors (Lipinski definition) is 1. The van der Waals surface area contributed by atoms with Gasteiger partial charge in [-0.25, -0.2) is 0 Å². The lowest BCUT2D eigenvalue weighted by molar-refractivity contribution is -0.137. The third-order valence-corrected chi connectivity index (χ3v) is 1.50. The van der Waals surface area contributed by atoms with Crippen LogP contribution >= 0.6 is 0 Å². The summed E-state index contributed by atoms with van der Waals surface area (Å²) in [6, 6.07) is 3.73. The highest BCUT2D eigenvalue weighted by Crippen LogP contribution is 2.28. The second-order valence-corrected chi connectivity index (χ2v) is 2.44. The van der Waals surface area contributed by atoms with Crippen LogP contribution in [0.1, 0.15) is 15.9 Å². The summed E-state index contributed by atoms with van der Waals surface area (Å²) in [6.45, 7) is 0. The Labute approximate surface area is 74.0 Å². The van der Waals surface area contributed by atoms with Crippen molar-refractivity contribution in [2.45, 2.75) is 6.18 Å². The molecule has 0 unspecified atom stereocenters. The number of alkyl halides is 3. The van der Waals surface area contributed by atoms with Gasteiger partial charge in [0.05, 0.1) is 5.56 Å². The van der Waals surface area contributed by atoms with E-state index in [1.165, 1.54) is 0 Å². The van der Waals surface area contributed by atoms with E-state index in [4.69, 9.17) is 7.85 Å². The minimum atomic E-state index is -4.38. The molecule has 2 radical (unpaired) electrons. The van der Waals surface area contributed by atoms with Crippen LogP contribution in [0.15, 0.2) is 24.3 Å². The lowest BCUT2D eigenvalue weighted by Gasteiger charge is -2.06. The highest BCUT2D eigenvalue weighted by atomic mass is 19.4. The summed E-state index contributed by atoms with van der Waals surface area (Å²) in [5.74, 6) is 0. The Morgan fingerprint density at radius 3 is 1.92 bits per heavy atom. The lowest BCUT2D eigenvalue weighted by atomic mass is 9.94. The van der Waals surface area contributed by atoms with Gasteiger partial charge >= 0.3 is 6.18 Å². The first-order valence-electron chi connectivity index (χ1n) is 3.38. The van der Waals surface area contributed by atoms with E-state index in [2.05, 4.69) is 0 Å². The van der Waals surface area contributed by atoms with Crippen molar-refractivity contribution >= 4 is 13.5 Å². The van der Waals surface area contributed by atoms with Crippen molar-refractivity contribution in [3.8, 4) is 0 Å². The minimum absolute atomic E-state index is 0.0630. The molecule has 1 aromatic carbocycles. The van der Waals surface area contributed by atoms with E-state index in [9.17, 15) is 18.0 Å². The molecular weight excluding hydrogens is 180 g/mol. The van der Waals surface area contributed by atoms with E-state index in [-0.39, 0.29) is 5.56 Å². The fourth-order valence-corrected chi connectivity index (χ4v) is 0.823. The van der Waals surface area contributed by atoms with Crippen LogP contribution in [0, 0.1) is 0 Å². The molecule has 0 aliphatic rings. The molecule has 0 atom stereocenters. The Balaban J connectivity index is 3.01. The van der Waals surface area contributed by atoms with Crippen molar-refractivity contribution in [2.24, 2.45) is 0 Å². The smallest absolute Gasteiger partial charge is 0.307 e. The molecule has 0 aliphatic heterocycles. The van der Waals surface area contributed by atoms with Gasteiger partial charge in [0.25, 0.3) is 0 Å². The summed E-state index contributed by atoms with van der Waals surface area (Å²) in [4.78, 5) is 10.5. The largest absolute Gasteiger partial charge is 0.416 e. The normalized spacial score (nSPS) is 11.3. The van der Waals surface area contributed by atoms with Crippen molar-refractivity contribution < 1.29 is 18.0 Å². The second kappa shape index (κ2) is 3.24. The molecule has 0 aliphatic carbocycles. The van der Waals surface area contributed by atoms with Crippen LogP contribution in [-0.2, 0) is 6.18 Å². The molecule has 0 amide bonds. The Hall–Kier alpha value is -1.26. The Morgan fingerprint density at radius 2 is 1.62 bits per heavy atom. The van der Waals surface area contributed by atoms with Gasteiger partial charge in [-0.3, -0.25) is 0 Å². The molecule has 0 spiro atoms.